The van der Waals surface area contributed by atoms with Crippen molar-refractivity contribution in [3.63, 3.8) is 0 Å². The highest BCUT2D eigenvalue weighted by Crippen LogP contribution is 2.27. The molecule has 0 spiro atoms. The van der Waals surface area contributed by atoms with Gasteiger partial charge in [0.25, 0.3) is 0 Å². The molecule has 0 bridgehead atoms. The number of carbonyl (C=O) groups excluding carboxylic acids is 1. The van der Waals surface area contributed by atoms with Crippen molar-refractivity contribution in [2.24, 2.45) is 0 Å². The average molecular weight is 390 g/mol. The largest absolute Gasteiger partial charge is 0.463 e. The Balaban J connectivity index is 1.79. The molecule has 2 aromatic heterocycles. The number of carbonyl (C=O) groups is 1. The SMILES string of the molecule is C=CCn1c(SCc2ccc(C(=O)OC)o2)nnc1-c1ccc(Cl)cc1. The van der Waals surface area contributed by atoms with Crippen molar-refractivity contribution in [1.29, 1.82) is 0 Å². The molecule has 6 nitrogen and oxygen atoms in total. The van der Waals surface area contributed by atoms with Gasteiger partial charge in [-0.05, 0) is 36.4 Å². The minimum absolute atomic E-state index is 0.178. The van der Waals surface area contributed by atoms with Gasteiger partial charge in [-0.2, -0.15) is 0 Å². The standard InChI is InChI=1S/C18H16ClN3O3S/c1-3-10-22-16(12-4-6-13(19)7-5-12)20-21-18(22)26-11-14-8-9-15(25-14)17(23)24-2/h3-9H,1,10-11H2,2H3. The fraction of sp³-hybridized carbons (Fsp3) is 0.167. The van der Waals surface area contributed by atoms with E-state index in [2.05, 4.69) is 21.5 Å². The zero-order valence-electron chi connectivity index (χ0n) is 14.0. The summed E-state index contributed by atoms with van der Waals surface area (Å²) in [7, 11) is 1.31. The van der Waals surface area contributed by atoms with Crippen LogP contribution in [0.2, 0.25) is 5.02 Å². The lowest BCUT2D eigenvalue weighted by Gasteiger charge is -2.07. The predicted octanol–water partition coefficient (Wildman–Crippen LogP) is 4.46. The van der Waals surface area contributed by atoms with Gasteiger partial charge in [0.05, 0.1) is 12.9 Å². The lowest BCUT2D eigenvalue weighted by atomic mass is 10.2. The molecule has 0 aliphatic heterocycles. The summed E-state index contributed by atoms with van der Waals surface area (Å²) in [6.07, 6.45) is 1.79. The molecule has 0 radical (unpaired) electrons. The van der Waals surface area contributed by atoms with Crippen LogP contribution in [0.1, 0.15) is 16.3 Å². The van der Waals surface area contributed by atoms with E-state index < -0.39 is 5.97 Å². The van der Waals surface area contributed by atoms with Gasteiger partial charge in [-0.1, -0.05) is 29.4 Å². The maximum atomic E-state index is 11.5. The molecule has 3 rings (SSSR count). The summed E-state index contributed by atoms with van der Waals surface area (Å²) in [6.45, 7) is 4.37. The topological polar surface area (TPSA) is 70.2 Å². The molecule has 26 heavy (non-hydrogen) atoms. The van der Waals surface area contributed by atoms with Gasteiger partial charge >= 0.3 is 5.97 Å². The van der Waals surface area contributed by atoms with Crippen molar-refractivity contribution >= 4 is 29.3 Å². The van der Waals surface area contributed by atoms with E-state index in [4.69, 9.17) is 16.0 Å². The normalized spacial score (nSPS) is 10.7. The van der Waals surface area contributed by atoms with Gasteiger partial charge < -0.3 is 9.15 Å². The van der Waals surface area contributed by atoms with Crippen LogP contribution in [0.15, 0.2) is 58.6 Å². The first-order chi connectivity index (χ1) is 12.6. The van der Waals surface area contributed by atoms with Crippen LogP contribution in [0.25, 0.3) is 11.4 Å². The van der Waals surface area contributed by atoms with Crippen molar-refractivity contribution in [1.82, 2.24) is 14.8 Å². The zero-order chi connectivity index (χ0) is 18.5. The summed E-state index contributed by atoms with van der Waals surface area (Å²) in [4.78, 5) is 11.5. The number of furan rings is 1. The number of rotatable bonds is 7. The van der Waals surface area contributed by atoms with Gasteiger partial charge in [0, 0.05) is 17.1 Å². The van der Waals surface area contributed by atoms with Crippen LogP contribution < -0.4 is 0 Å². The minimum Gasteiger partial charge on any atom is -0.463 e. The number of aromatic nitrogens is 3. The Morgan fingerprint density at radius 1 is 1.31 bits per heavy atom. The molecule has 0 saturated heterocycles. The van der Waals surface area contributed by atoms with Gasteiger partial charge in [-0.25, -0.2) is 4.79 Å². The van der Waals surface area contributed by atoms with Crippen molar-refractivity contribution in [3.8, 4) is 11.4 Å². The zero-order valence-corrected chi connectivity index (χ0v) is 15.6. The predicted molar refractivity (Wildman–Crippen MR) is 100 cm³/mol. The van der Waals surface area contributed by atoms with E-state index >= 15 is 0 Å². The summed E-state index contributed by atoms with van der Waals surface area (Å²) in [5.41, 5.74) is 0.918. The number of ether oxygens (including phenoxy) is 1. The molecule has 0 atom stereocenters. The molecule has 0 amide bonds. The Kier molecular flexibility index (Phi) is 5.80. The molecule has 8 heteroatoms. The van der Waals surface area contributed by atoms with Gasteiger partial charge in [0.15, 0.2) is 11.0 Å². The van der Waals surface area contributed by atoms with Gasteiger partial charge in [0.1, 0.15) is 5.76 Å². The van der Waals surface area contributed by atoms with E-state index in [0.29, 0.717) is 23.1 Å². The van der Waals surface area contributed by atoms with Gasteiger partial charge in [-0.3, -0.25) is 4.57 Å². The summed E-state index contributed by atoms with van der Waals surface area (Å²) >= 11 is 7.41. The Labute approximate surface area is 159 Å². The number of thioether (sulfide) groups is 1. The van der Waals surface area contributed by atoms with Crippen LogP contribution in [0, 0.1) is 0 Å². The Morgan fingerprint density at radius 3 is 2.77 bits per heavy atom. The highest BCUT2D eigenvalue weighted by molar-refractivity contribution is 7.98. The van der Waals surface area contributed by atoms with Crippen LogP contribution in [0.3, 0.4) is 0 Å². The second-order valence-electron chi connectivity index (χ2n) is 5.26. The number of methoxy groups -OCH3 is 1. The average Bonchev–Trinajstić information content (AvgIpc) is 3.28. The van der Waals surface area contributed by atoms with Gasteiger partial charge in [-0.15, -0.1) is 16.8 Å². The third-order valence-electron chi connectivity index (χ3n) is 3.52. The fourth-order valence-electron chi connectivity index (χ4n) is 2.30. The second kappa shape index (κ2) is 8.25. The molecule has 0 N–H and O–H groups in total. The smallest absolute Gasteiger partial charge is 0.373 e. The highest BCUT2D eigenvalue weighted by Gasteiger charge is 2.16. The molecule has 3 aromatic rings. The lowest BCUT2D eigenvalue weighted by Crippen LogP contribution is -2.00. The number of hydrogen-bond donors (Lipinski definition) is 0. The van der Waals surface area contributed by atoms with Crippen LogP contribution in [-0.2, 0) is 17.0 Å². The van der Waals surface area contributed by atoms with Crippen molar-refractivity contribution in [2.45, 2.75) is 17.5 Å². The number of allylic oxidation sites excluding steroid dienone is 1. The molecule has 0 saturated carbocycles. The molecule has 2 heterocycles. The van der Waals surface area contributed by atoms with Crippen molar-refractivity contribution in [2.75, 3.05) is 7.11 Å². The second-order valence-corrected chi connectivity index (χ2v) is 6.64. The van der Waals surface area contributed by atoms with E-state index in [1.54, 1.807) is 18.2 Å². The van der Waals surface area contributed by atoms with Crippen molar-refractivity contribution < 1.29 is 13.9 Å². The van der Waals surface area contributed by atoms with E-state index in [1.807, 2.05) is 28.8 Å². The molecule has 0 unspecified atom stereocenters. The highest BCUT2D eigenvalue weighted by atomic mass is 35.5. The quantitative estimate of drug-likeness (QED) is 0.337. The lowest BCUT2D eigenvalue weighted by molar-refractivity contribution is 0.0563. The molecule has 1 aromatic carbocycles. The van der Waals surface area contributed by atoms with E-state index in [-0.39, 0.29) is 5.76 Å². The number of hydrogen-bond acceptors (Lipinski definition) is 6. The first-order valence-electron chi connectivity index (χ1n) is 7.72. The Hall–Kier alpha value is -2.51. The molecule has 0 aliphatic rings. The minimum atomic E-state index is -0.499. The van der Waals surface area contributed by atoms with E-state index in [9.17, 15) is 4.79 Å². The van der Waals surface area contributed by atoms with Crippen molar-refractivity contribution in [3.05, 3.63) is 65.6 Å². The summed E-state index contributed by atoms with van der Waals surface area (Å²) < 4.78 is 12.1. The number of benzene rings is 1. The summed E-state index contributed by atoms with van der Waals surface area (Å²) in [5, 5.41) is 9.95. The van der Waals surface area contributed by atoms with Crippen LogP contribution in [-0.4, -0.2) is 27.8 Å². The monoisotopic (exact) mass is 389 g/mol. The van der Waals surface area contributed by atoms with Gasteiger partial charge in [0.2, 0.25) is 5.76 Å². The summed E-state index contributed by atoms with van der Waals surface area (Å²) in [6, 6.07) is 10.8. The first kappa shape index (κ1) is 18.3. The Morgan fingerprint density at radius 2 is 2.08 bits per heavy atom. The maximum Gasteiger partial charge on any atom is 0.373 e. The van der Waals surface area contributed by atoms with Crippen LogP contribution in [0.4, 0.5) is 0 Å². The summed E-state index contributed by atoms with van der Waals surface area (Å²) in [5.74, 6) is 1.57. The molecule has 134 valence electrons. The molecule has 0 fully saturated rings. The number of nitrogens with zero attached hydrogens (tertiary/aromatic N) is 3. The maximum absolute atomic E-state index is 11.5. The Bertz CT molecular complexity index is 918. The molecular formula is C18H16ClN3O3S. The van der Waals surface area contributed by atoms with E-state index in [1.165, 1.54) is 18.9 Å². The van der Waals surface area contributed by atoms with Crippen LogP contribution in [0.5, 0.6) is 0 Å². The third-order valence-corrected chi connectivity index (χ3v) is 4.76. The fourth-order valence-corrected chi connectivity index (χ4v) is 3.27. The molecular weight excluding hydrogens is 374 g/mol. The first-order valence-corrected chi connectivity index (χ1v) is 9.08. The number of halogens is 1. The number of esters is 1. The molecule has 0 aliphatic carbocycles. The van der Waals surface area contributed by atoms with Crippen LogP contribution >= 0.6 is 23.4 Å². The van der Waals surface area contributed by atoms with E-state index in [0.717, 1.165) is 16.5 Å². The third kappa shape index (κ3) is 4.00.